The van der Waals surface area contributed by atoms with Crippen molar-refractivity contribution in [2.75, 3.05) is 13.7 Å². The van der Waals surface area contributed by atoms with Crippen LogP contribution < -0.4 is 10.6 Å². The molecule has 3 N–H and O–H groups in total. The average molecular weight is 450 g/mol. The maximum atomic E-state index is 13.3. The summed E-state index contributed by atoms with van der Waals surface area (Å²) in [5.41, 5.74) is 1.75. The highest BCUT2D eigenvalue weighted by molar-refractivity contribution is 5.92. The van der Waals surface area contributed by atoms with Gasteiger partial charge in [-0.15, -0.1) is 0 Å². The Labute approximate surface area is 191 Å². The second-order valence-electron chi connectivity index (χ2n) is 9.29. The summed E-state index contributed by atoms with van der Waals surface area (Å²) in [5, 5.41) is 15.2. The number of carbonyl (C=O) groups is 3. The van der Waals surface area contributed by atoms with Crippen molar-refractivity contribution in [1.29, 1.82) is 0 Å². The predicted octanol–water partition coefficient (Wildman–Crippen LogP) is 2.99. The lowest BCUT2D eigenvalue weighted by molar-refractivity contribution is -0.141. The van der Waals surface area contributed by atoms with Gasteiger partial charge in [0, 0.05) is 13.1 Å². The maximum Gasteiger partial charge on any atom is 0.408 e. The lowest BCUT2D eigenvalue weighted by Crippen LogP contribution is -2.53. The van der Waals surface area contributed by atoms with Crippen molar-refractivity contribution in [3.8, 4) is 0 Å². The first-order valence-corrected chi connectivity index (χ1v) is 11.0. The quantitative estimate of drug-likeness (QED) is 0.537. The van der Waals surface area contributed by atoms with Crippen LogP contribution in [0.2, 0.25) is 0 Å². The van der Waals surface area contributed by atoms with E-state index < -0.39 is 36.3 Å². The van der Waals surface area contributed by atoms with Crippen LogP contribution in [0, 0.1) is 13.8 Å². The molecule has 0 fully saturated rings. The fraction of sp³-hybridized carbons (Fsp3) is 0.625. The molecule has 0 saturated heterocycles. The molecule has 1 aromatic carbocycles. The van der Waals surface area contributed by atoms with Crippen LogP contribution in [0.25, 0.3) is 0 Å². The highest BCUT2D eigenvalue weighted by Crippen LogP contribution is 2.25. The van der Waals surface area contributed by atoms with Crippen LogP contribution in [0.3, 0.4) is 0 Å². The topological polar surface area (TPSA) is 108 Å². The van der Waals surface area contributed by atoms with E-state index in [9.17, 15) is 19.5 Å². The van der Waals surface area contributed by atoms with Crippen LogP contribution in [0.5, 0.6) is 0 Å². The van der Waals surface area contributed by atoms with E-state index in [0.717, 1.165) is 24.0 Å². The number of nitrogens with one attached hydrogen (secondary N) is 2. The Kier molecular flexibility index (Phi) is 10.2. The normalized spacial score (nSPS) is 14.2. The summed E-state index contributed by atoms with van der Waals surface area (Å²) < 4.78 is 5.20. The van der Waals surface area contributed by atoms with E-state index in [1.54, 1.807) is 20.8 Å². The number of hydrogen-bond donors (Lipinski definition) is 3. The number of likely N-dealkylation sites (N-methyl/N-ethyl adjacent to an activating group) is 1. The van der Waals surface area contributed by atoms with Crippen LogP contribution >= 0.6 is 0 Å². The third kappa shape index (κ3) is 8.15. The van der Waals surface area contributed by atoms with Gasteiger partial charge >= 0.3 is 6.09 Å². The molecule has 1 rings (SSSR count). The highest BCUT2D eigenvalue weighted by atomic mass is 16.6. The second kappa shape index (κ2) is 11.9. The standard InChI is InChI=1S/C24H39N3O5/c1-9-10-17(4)25-21(29)20(18-13-15(2)11-12-16(18)3)27(8)22(30)19(14-28)26-23(31)32-24(5,6)7/h11-13,17,19-20,28H,9-10,14H2,1-8H3,(H,25,29)(H,26,31). The Morgan fingerprint density at radius 3 is 2.31 bits per heavy atom. The Hall–Kier alpha value is -2.61. The molecule has 8 heteroatoms. The van der Waals surface area contributed by atoms with E-state index in [1.165, 1.54) is 11.9 Å². The molecule has 0 spiro atoms. The fourth-order valence-corrected chi connectivity index (χ4v) is 3.42. The van der Waals surface area contributed by atoms with E-state index in [4.69, 9.17) is 4.74 Å². The largest absolute Gasteiger partial charge is 0.444 e. The van der Waals surface area contributed by atoms with Crippen LogP contribution in [0.15, 0.2) is 18.2 Å². The zero-order valence-corrected chi connectivity index (χ0v) is 20.6. The molecule has 1 aromatic rings. The molecular weight excluding hydrogens is 410 g/mol. The summed E-state index contributed by atoms with van der Waals surface area (Å²) in [6, 6.07) is 3.50. The number of aliphatic hydroxyl groups is 1. The Balaban J connectivity index is 3.24. The lowest BCUT2D eigenvalue weighted by atomic mass is 9.96. The summed E-state index contributed by atoms with van der Waals surface area (Å²) >= 11 is 0. The van der Waals surface area contributed by atoms with Crippen LogP contribution in [-0.4, -0.2) is 59.3 Å². The molecule has 0 aliphatic heterocycles. The van der Waals surface area contributed by atoms with Crippen molar-refractivity contribution in [3.63, 3.8) is 0 Å². The first kappa shape index (κ1) is 27.4. The van der Waals surface area contributed by atoms with Gasteiger partial charge in [-0.25, -0.2) is 4.79 Å². The molecule has 3 unspecified atom stereocenters. The predicted molar refractivity (Wildman–Crippen MR) is 124 cm³/mol. The highest BCUT2D eigenvalue weighted by Gasteiger charge is 2.35. The van der Waals surface area contributed by atoms with Gasteiger partial charge in [0.25, 0.3) is 0 Å². The first-order valence-electron chi connectivity index (χ1n) is 11.0. The number of aliphatic hydroxyl groups excluding tert-OH is 1. The molecule has 0 aromatic heterocycles. The monoisotopic (exact) mass is 449 g/mol. The maximum absolute atomic E-state index is 13.3. The Morgan fingerprint density at radius 1 is 1.16 bits per heavy atom. The van der Waals surface area contributed by atoms with Gasteiger partial charge in [0.2, 0.25) is 11.8 Å². The van der Waals surface area contributed by atoms with E-state index >= 15 is 0 Å². The number of hydrogen-bond acceptors (Lipinski definition) is 5. The minimum absolute atomic E-state index is 0.0582. The fourth-order valence-electron chi connectivity index (χ4n) is 3.42. The number of aryl methyl sites for hydroxylation is 2. The minimum Gasteiger partial charge on any atom is -0.444 e. The van der Waals surface area contributed by atoms with Crippen molar-refractivity contribution >= 4 is 17.9 Å². The van der Waals surface area contributed by atoms with Gasteiger partial charge < -0.3 is 25.4 Å². The molecule has 0 aliphatic rings. The van der Waals surface area contributed by atoms with Crippen molar-refractivity contribution in [1.82, 2.24) is 15.5 Å². The van der Waals surface area contributed by atoms with Gasteiger partial charge in [-0.1, -0.05) is 37.1 Å². The minimum atomic E-state index is -1.25. The van der Waals surface area contributed by atoms with Crippen molar-refractivity contribution in [3.05, 3.63) is 34.9 Å². The number of nitrogens with zero attached hydrogens (tertiary/aromatic N) is 1. The van der Waals surface area contributed by atoms with Gasteiger partial charge in [0.1, 0.15) is 17.7 Å². The number of alkyl carbamates (subject to hydrolysis) is 1. The zero-order chi connectivity index (χ0) is 24.6. The molecule has 32 heavy (non-hydrogen) atoms. The number of carbonyl (C=O) groups excluding carboxylic acids is 3. The smallest absolute Gasteiger partial charge is 0.408 e. The molecule has 3 amide bonds. The van der Waals surface area contributed by atoms with E-state index in [-0.39, 0.29) is 11.9 Å². The molecule has 0 heterocycles. The molecule has 0 aliphatic carbocycles. The Bertz CT molecular complexity index is 803. The molecule has 180 valence electrons. The van der Waals surface area contributed by atoms with Crippen LogP contribution in [-0.2, 0) is 14.3 Å². The Morgan fingerprint density at radius 2 is 1.78 bits per heavy atom. The molecule has 0 saturated carbocycles. The van der Waals surface area contributed by atoms with Gasteiger partial charge in [0.05, 0.1) is 6.61 Å². The van der Waals surface area contributed by atoms with Gasteiger partial charge in [0.15, 0.2) is 0 Å². The zero-order valence-electron chi connectivity index (χ0n) is 20.6. The third-order valence-corrected chi connectivity index (χ3v) is 4.99. The second-order valence-corrected chi connectivity index (χ2v) is 9.29. The number of amides is 3. The first-order chi connectivity index (χ1) is 14.8. The van der Waals surface area contributed by atoms with Gasteiger partial charge in [-0.3, -0.25) is 9.59 Å². The molecular formula is C24H39N3O5. The van der Waals surface area contributed by atoms with Crippen LogP contribution in [0.4, 0.5) is 4.79 Å². The summed E-state index contributed by atoms with van der Waals surface area (Å²) in [6.45, 7) is 12.2. The average Bonchev–Trinajstić information content (AvgIpc) is 2.67. The SMILES string of the molecule is CCCC(C)NC(=O)C(c1cc(C)ccc1C)N(C)C(=O)C(CO)NC(=O)OC(C)(C)C. The van der Waals surface area contributed by atoms with Gasteiger partial charge in [-0.2, -0.15) is 0 Å². The number of rotatable bonds is 9. The molecule has 8 nitrogen and oxygen atoms in total. The summed E-state index contributed by atoms with van der Waals surface area (Å²) in [7, 11) is 1.50. The molecule has 3 atom stereocenters. The van der Waals surface area contributed by atoms with Crippen molar-refractivity contribution in [2.24, 2.45) is 0 Å². The lowest BCUT2D eigenvalue weighted by Gasteiger charge is -2.32. The number of benzene rings is 1. The summed E-state index contributed by atoms with van der Waals surface area (Å²) in [6.07, 6.45) is 0.904. The van der Waals surface area contributed by atoms with Crippen molar-refractivity contribution in [2.45, 2.75) is 85.0 Å². The van der Waals surface area contributed by atoms with E-state index in [0.29, 0.717) is 5.56 Å². The molecule has 0 radical (unpaired) electrons. The summed E-state index contributed by atoms with van der Waals surface area (Å²) in [5.74, 6) is -0.910. The van der Waals surface area contributed by atoms with E-state index in [2.05, 4.69) is 10.6 Å². The van der Waals surface area contributed by atoms with E-state index in [1.807, 2.05) is 45.9 Å². The van der Waals surface area contributed by atoms with Crippen LogP contribution in [0.1, 0.15) is 70.2 Å². The molecule has 0 bridgehead atoms. The van der Waals surface area contributed by atoms with Gasteiger partial charge in [-0.05, 0) is 59.1 Å². The summed E-state index contributed by atoms with van der Waals surface area (Å²) in [4.78, 5) is 39.9. The van der Waals surface area contributed by atoms with Crippen molar-refractivity contribution < 1.29 is 24.2 Å². The number of ether oxygens (including phenoxy) is 1. The third-order valence-electron chi connectivity index (χ3n) is 4.99.